The molecule has 0 aliphatic carbocycles. The molecule has 1 atom stereocenters. The molecule has 0 saturated heterocycles. The number of aliphatic hydroxyl groups is 1. The van der Waals surface area contributed by atoms with Crippen LogP contribution >= 0.6 is 0 Å². The minimum Gasteiger partial charge on any atom is -0.462 e. The van der Waals surface area contributed by atoms with Gasteiger partial charge in [-0.2, -0.15) is 0 Å². The summed E-state index contributed by atoms with van der Waals surface area (Å²) in [6, 6.07) is 0. The normalized spacial score (nSPS) is 13.0. The fourth-order valence-electron chi connectivity index (χ4n) is 3.58. The first-order chi connectivity index (χ1) is 18.6. The lowest BCUT2D eigenvalue weighted by atomic mass is 10.1. The summed E-state index contributed by atoms with van der Waals surface area (Å²) in [5.74, 6) is -0.652. The molecule has 0 bridgehead atoms. The Kier molecular flexibility index (Phi) is 27.3. The van der Waals surface area contributed by atoms with Crippen molar-refractivity contribution in [3.63, 3.8) is 0 Å². The van der Waals surface area contributed by atoms with Gasteiger partial charge in [0.05, 0.1) is 6.61 Å². The van der Waals surface area contributed by atoms with E-state index in [1.54, 1.807) is 0 Å². The maximum absolute atomic E-state index is 12.0. The Morgan fingerprint density at radius 3 is 1.68 bits per heavy atom. The molecule has 1 unspecified atom stereocenters. The van der Waals surface area contributed by atoms with E-state index in [9.17, 15) is 14.7 Å². The first kappa shape index (κ1) is 35.6. The molecule has 0 saturated carbocycles. The third kappa shape index (κ3) is 26.7. The van der Waals surface area contributed by atoms with Gasteiger partial charge in [-0.15, -0.1) is 0 Å². The second-order valence-electron chi connectivity index (χ2n) is 9.45. The summed E-state index contributed by atoms with van der Waals surface area (Å²) in [5.41, 5.74) is 0. The molecule has 216 valence electrons. The number of esters is 2. The zero-order chi connectivity index (χ0) is 27.9. The summed E-state index contributed by atoms with van der Waals surface area (Å²) in [6.45, 7) is 3.87. The van der Waals surface area contributed by atoms with Gasteiger partial charge in [0.2, 0.25) is 0 Å². The van der Waals surface area contributed by atoms with Gasteiger partial charge in [0.15, 0.2) is 6.10 Å². The maximum atomic E-state index is 12.0. The fourth-order valence-corrected chi connectivity index (χ4v) is 3.58. The number of hydrogen-bond donors (Lipinski definition) is 1. The maximum Gasteiger partial charge on any atom is 0.306 e. The summed E-state index contributed by atoms with van der Waals surface area (Å²) in [5, 5.41) is 9.41. The quantitative estimate of drug-likeness (QED) is 0.0728. The van der Waals surface area contributed by atoms with Gasteiger partial charge >= 0.3 is 11.9 Å². The molecule has 5 heteroatoms. The van der Waals surface area contributed by atoms with Crippen molar-refractivity contribution >= 4 is 11.9 Å². The topological polar surface area (TPSA) is 72.8 Å². The second-order valence-corrected chi connectivity index (χ2v) is 9.45. The highest BCUT2D eigenvalue weighted by atomic mass is 16.6. The van der Waals surface area contributed by atoms with Crippen molar-refractivity contribution < 1.29 is 24.2 Å². The first-order valence-corrected chi connectivity index (χ1v) is 14.8. The molecular formula is C33H54O5. The smallest absolute Gasteiger partial charge is 0.306 e. The van der Waals surface area contributed by atoms with Crippen LogP contribution in [-0.4, -0.2) is 36.4 Å². The van der Waals surface area contributed by atoms with Gasteiger partial charge in [0.25, 0.3) is 0 Å². The van der Waals surface area contributed by atoms with Crippen molar-refractivity contribution in [2.45, 2.75) is 123 Å². The van der Waals surface area contributed by atoms with Crippen molar-refractivity contribution in [3.05, 3.63) is 60.8 Å². The van der Waals surface area contributed by atoms with Gasteiger partial charge in [-0.3, -0.25) is 9.59 Å². The standard InChI is InChI=1S/C33H54O5/c1-3-5-7-9-10-11-12-13-14-15-16-17-18-19-20-21-22-24-26-28-33(36)38-31(29-34)30-37-32(35)27-25-23-8-6-4-2/h5,7,10-11,13-14,16-17,19-20,31,34H,3-4,6,8-9,12,15,18,21-30H2,1-2H3/b7-5-,11-10-,14-13-,17-16-,20-19-. The average Bonchev–Trinajstić information content (AvgIpc) is 2.92. The van der Waals surface area contributed by atoms with Crippen LogP contribution in [0.4, 0.5) is 0 Å². The molecular weight excluding hydrogens is 476 g/mol. The molecule has 0 radical (unpaired) electrons. The molecule has 0 spiro atoms. The predicted octanol–water partition coefficient (Wildman–Crippen LogP) is 8.50. The SMILES string of the molecule is CC/C=C\C/C=C\C/C=C\C/C=C\C/C=C\CCCCCC(=O)OC(CO)COC(=O)CCCCCCC. The molecule has 38 heavy (non-hydrogen) atoms. The largest absolute Gasteiger partial charge is 0.462 e. The lowest BCUT2D eigenvalue weighted by Crippen LogP contribution is -2.28. The van der Waals surface area contributed by atoms with E-state index in [4.69, 9.17) is 9.47 Å². The highest BCUT2D eigenvalue weighted by molar-refractivity contribution is 5.70. The van der Waals surface area contributed by atoms with E-state index in [0.29, 0.717) is 12.8 Å². The highest BCUT2D eigenvalue weighted by Crippen LogP contribution is 2.08. The second kappa shape index (κ2) is 29.2. The summed E-state index contributed by atoms with van der Waals surface area (Å²) >= 11 is 0. The number of carbonyl (C=O) groups is 2. The lowest BCUT2D eigenvalue weighted by Gasteiger charge is -2.15. The minimum absolute atomic E-state index is 0.0832. The van der Waals surface area contributed by atoms with E-state index in [-0.39, 0.29) is 25.2 Å². The van der Waals surface area contributed by atoms with Gasteiger partial charge in [-0.05, 0) is 57.8 Å². The Labute approximate surface area is 232 Å². The monoisotopic (exact) mass is 530 g/mol. The van der Waals surface area contributed by atoms with Crippen LogP contribution in [-0.2, 0) is 19.1 Å². The molecule has 0 aliphatic heterocycles. The Morgan fingerprint density at radius 2 is 1.13 bits per heavy atom. The minimum atomic E-state index is -0.784. The third-order valence-corrected chi connectivity index (χ3v) is 5.83. The highest BCUT2D eigenvalue weighted by Gasteiger charge is 2.15. The molecule has 0 aromatic heterocycles. The van der Waals surface area contributed by atoms with Crippen molar-refractivity contribution in [1.82, 2.24) is 0 Å². The molecule has 0 aromatic rings. The fraction of sp³-hybridized carbons (Fsp3) is 0.636. The van der Waals surface area contributed by atoms with E-state index in [1.807, 2.05) is 0 Å². The summed E-state index contributed by atoms with van der Waals surface area (Å²) in [6.07, 6.45) is 35.9. The van der Waals surface area contributed by atoms with Gasteiger partial charge < -0.3 is 14.6 Å². The van der Waals surface area contributed by atoms with Crippen molar-refractivity contribution in [3.8, 4) is 0 Å². The summed E-state index contributed by atoms with van der Waals surface area (Å²) in [4.78, 5) is 23.8. The Hall–Kier alpha value is -2.40. The first-order valence-electron chi connectivity index (χ1n) is 14.8. The van der Waals surface area contributed by atoms with Crippen LogP contribution < -0.4 is 0 Å². The van der Waals surface area contributed by atoms with Crippen LogP contribution in [0.25, 0.3) is 0 Å². The lowest BCUT2D eigenvalue weighted by molar-refractivity contribution is -0.161. The van der Waals surface area contributed by atoms with E-state index in [0.717, 1.165) is 83.5 Å². The average molecular weight is 531 g/mol. The zero-order valence-corrected chi connectivity index (χ0v) is 24.2. The number of hydrogen-bond acceptors (Lipinski definition) is 5. The van der Waals surface area contributed by atoms with Crippen LogP contribution in [0.5, 0.6) is 0 Å². The Morgan fingerprint density at radius 1 is 0.632 bits per heavy atom. The van der Waals surface area contributed by atoms with Crippen LogP contribution in [0, 0.1) is 0 Å². The third-order valence-electron chi connectivity index (χ3n) is 5.83. The van der Waals surface area contributed by atoms with Crippen LogP contribution in [0.3, 0.4) is 0 Å². The number of carbonyl (C=O) groups excluding carboxylic acids is 2. The van der Waals surface area contributed by atoms with Gasteiger partial charge in [-0.1, -0.05) is 107 Å². The van der Waals surface area contributed by atoms with Crippen LogP contribution in [0.2, 0.25) is 0 Å². The van der Waals surface area contributed by atoms with E-state index in [1.165, 1.54) is 6.42 Å². The van der Waals surface area contributed by atoms with Crippen LogP contribution in [0.15, 0.2) is 60.8 Å². The van der Waals surface area contributed by atoms with Crippen molar-refractivity contribution in [2.75, 3.05) is 13.2 Å². The number of ether oxygens (including phenoxy) is 2. The molecule has 0 fully saturated rings. The molecule has 0 aliphatic rings. The number of allylic oxidation sites excluding steroid dienone is 10. The molecule has 0 heterocycles. The Bertz CT molecular complexity index is 702. The predicted molar refractivity (Wildman–Crippen MR) is 159 cm³/mol. The van der Waals surface area contributed by atoms with Crippen molar-refractivity contribution in [1.29, 1.82) is 0 Å². The molecule has 1 N–H and O–H groups in total. The summed E-state index contributed by atoms with van der Waals surface area (Å²) < 4.78 is 10.4. The molecule has 0 rings (SSSR count). The van der Waals surface area contributed by atoms with E-state index >= 15 is 0 Å². The van der Waals surface area contributed by atoms with Gasteiger partial charge in [0, 0.05) is 12.8 Å². The number of rotatable bonds is 25. The van der Waals surface area contributed by atoms with Crippen molar-refractivity contribution in [2.24, 2.45) is 0 Å². The molecule has 5 nitrogen and oxygen atoms in total. The zero-order valence-electron chi connectivity index (χ0n) is 24.2. The van der Waals surface area contributed by atoms with Gasteiger partial charge in [-0.25, -0.2) is 0 Å². The molecule has 0 amide bonds. The van der Waals surface area contributed by atoms with E-state index in [2.05, 4.69) is 74.6 Å². The number of aliphatic hydroxyl groups excluding tert-OH is 1. The van der Waals surface area contributed by atoms with Crippen LogP contribution in [0.1, 0.15) is 117 Å². The summed E-state index contributed by atoms with van der Waals surface area (Å²) in [7, 11) is 0. The molecule has 0 aromatic carbocycles. The number of unbranched alkanes of at least 4 members (excludes halogenated alkanes) is 7. The van der Waals surface area contributed by atoms with Gasteiger partial charge in [0.1, 0.15) is 6.61 Å². The Balaban J connectivity index is 3.71. The van der Waals surface area contributed by atoms with E-state index < -0.39 is 6.10 Å².